The Bertz CT molecular complexity index is 282. The van der Waals surface area contributed by atoms with Crippen molar-refractivity contribution in [2.24, 2.45) is 5.92 Å². The van der Waals surface area contributed by atoms with Crippen LogP contribution in [-0.2, 0) is 4.74 Å². The van der Waals surface area contributed by atoms with E-state index in [2.05, 4.69) is 25.2 Å². The molecule has 0 aromatic rings. The largest absolute Gasteiger partial charge is 0.375 e. The first-order valence-electron chi connectivity index (χ1n) is 6.40. The summed E-state index contributed by atoms with van der Waals surface area (Å²) in [6.07, 6.45) is 5.57. The normalized spacial score (nSPS) is 38.2. The zero-order valence-electron chi connectivity index (χ0n) is 10.3. The Kier molecular flexibility index (Phi) is 3.51. The number of rotatable bonds is 2. The van der Waals surface area contributed by atoms with Crippen molar-refractivity contribution >= 4 is 0 Å². The number of nitrogens with zero attached hydrogens (tertiary/aromatic N) is 1. The van der Waals surface area contributed by atoms with E-state index >= 15 is 0 Å². The molecule has 1 aliphatic carbocycles. The molecule has 1 N–H and O–H groups in total. The highest BCUT2D eigenvalue weighted by Gasteiger charge is 2.33. The van der Waals surface area contributed by atoms with Gasteiger partial charge in [0.15, 0.2) is 0 Å². The highest BCUT2D eigenvalue weighted by atomic mass is 16.5. The smallest absolute Gasteiger partial charge is 0.0672 e. The molecule has 2 rings (SSSR count). The molecule has 3 nitrogen and oxygen atoms in total. The summed E-state index contributed by atoms with van der Waals surface area (Å²) in [5.41, 5.74) is -0.00331. The molecule has 1 aliphatic heterocycles. The summed E-state index contributed by atoms with van der Waals surface area (Å²) in [7, 11) is 0. The fourth-order valence-electron chi connectivity index (χ4n) is 2.99. The number of ether oxygens (including phenoxy) is 1. The minimum absolute atomic E-state index is 0.00331. The molecule has 0 spiro atoms. The van der Waals surface area contributed by atoms with Crippen LogP contribution in [0.2, 0.25) is 0 Å². The number of hydrogen-bond donors (Lipinski definition) is 1. The predicted molar refractivity (Wildman–Crippen MR) is 62.9 cm³/mol. The molecule has 0 radical (unpaired) electrons. The molecule has 3 heteroatoms. The van der Waals surface area contributed by atoms with Gasteiger partial charge in [-0.15, -0.1) is 0 Å². The van der Waals surface area contributed by atoms with Crippen molar-refractivity contribution in [2.45, 2.75) is 63.6 Å². The van der Waals surface area contributed by atoms with E-state index in [0.717, 1.165) is 32.3 Å². The van der Waals surface area contributed by atoms with E-state index in [1.165, 1.54) is 6.42 Å². The lowest BCUT2D eigenvalue weighted by molar-refractivity contribution is -0.0643. The molecule has 90 valence electrons. The van der Waals surface area contributed by atoms with Gasteiger partial charge in [-0.3, -0.25) is 0 Å². The van der Waals surface area contributed by atoms with E-state index in [1.54, 1.807) is 0 Å². The Morgan fingerprint density at radius 1 is 1.31 bits per heavy atom. The van der Waals surface area contributed by atoms with Gasteiger partial charge in [0.1, 0.15) is 0 Å². The summed E-state index contributed by atoms with van der Waals surface area (Å²) in [6.45, 7) is 5.14. The Balaban J connectivity index is 1.87. The second-order valence-corrected chi connectivity index (χ2v) is 5.74. The topological polar surface area (TPSA) is 45.0 Å². The van der Waals surface area contributed by atoms with Crippen LogP contribution in [0.15, 0.2) is 0 Å². The van der Waals surface area contributed by atoms with Crippen LogP contribution >= 0.6 is 0 Å². The molecular formula is C13H22N2O. The van der Waals surface area contributed by atoms with E-state index in [-0.39, 0.29) is 11.5 Å². The van der Waals surface area contributed by atoms with Gasteiger partial charge < -0.3 is 10.1 Å². The zero-order valence-corrected chi connectivity index (χ0v) is 10.3. The van der Waals surface area contributed by atoms with Gasteiger partial charge in [-0.1, -0.05) is 6.42 Å². The second kappa shape index (κ2) is 4.73. The number of nitriles is 1. The molecule has 2 fully saturated rings. The predicted octanol–water partition coefficient (Wildman–Crippen LogP) is 2.23. The molecule has 0 bridgehead atoms. The van der Waals surface area contributed by atoms with Crippen LogP contribution in [0.3, 0.4) is 0 Å². The van der Waals surface area contributed by atoms with E-state index in [9.17, 15) is 0 Å². The molecule has 3 atom stereocenters. The third-order valence-corrected chi connectivity index (χ3v) is 3.83. The van der Waals surface area contributed by atoms with Gasteiger partial charge in [-0.05, 0) is 39.5 Å². The van der Waals surface area contributed by atoms with Gasteiger partial charge in [-0.2, -0.15) is 5.26 Å². The first-order chi connectivity index (χ1) is 7.61. The Hall–Kier alpha value is -0.590. The first-order valence-corrected chi connectivity index (χ1v) is 6.40. The maximum Gasteiger partial charge on any atom is 0.0672 e. The van der Waals surface area contributed by atoms with E-state index in [4.69, 9.17) is 10.00 Å². The van der Waals surface area contributed by atoms with Crippen molar-refractivity contribution in [3.8, 4) is 6.07 Å². The van der Waals surface area contributed by atoms with Crippen LogP contribution in [-0.4, -0.2) is 24.3 Å². The fourth-order valence-corrected chi connectivity index (χ4v) is 2.99. The average Bonchev–Trinajstić information content (AvgIpc) is 2.63. The lowest BCUT2D eigenvalue weighted by atomic mass is 9.92. The lowest BCUT2D eigenvalue weighted by Gasteiger charge is -2.37. The van der Waals surface area contributed by atoms with Crippen molar-refractivity contribution in [1.29, 1.82) is 5.26 Å². The third kappa shape index (κ3) is 2.75. The summed E-state index contributed by atoms with van der Waals surface area (Å²) in [5, 5.41) is 12.7. The van der Waals surface area contributed by atoms with Crippen LogP contribution in [0.25, 0.3) is 0 Å². The first kappa shape index (κ1) is 11.9. The second-order valence-electron chi connectivity index (χ2n) is 5.74. The van der Waals surface area contributed by atoms with Crippen LogP contribution < -0.4 is 5.32 Å². The Labute approximate surface area is 98.2 Å². The van der Waals surface area contributed by atoms with Crippen LogP contribution in [0.5, 0.6) is 0 Å². The minimum Gasteiger partial charge on any atom is -0.375 e. The molecule has 2 aliphatic rings. The van der Waals surface area contributed by atoms with Crippen molar-refractivity contribution in [1.82, 2.24) is 5.32 Å². The highest BCUT2D eigenvalue weighted by molar-refractivity contribution is 4.98. The molecule has 1 saturated heterocycles. The standard InChI is InChI=1S/C13H22N2O/c1-13(2)8-11(6-7-16-13)15-12-5-3-4-10(12)9-14/h10-12,15H,3-8H2,1-2H3. The maximum atomic E-state index is 9.05. The van der Waals surface area contributed by atoms with Crippen molar-refractivity contribution < 1.29 is 4.74 Å². The van der Waals surface area contributed by atoms with Crippen LogP contribution in [0.4, 0.5) is 0 Å². The monoisotopic (exact) mass is 222 g/mol. The Morgan fingerprint density at radius 2 is 2.12 bits per heavy atom. The van der Waals surface area contributed by atoms with Gasteiger partial charge in [-0.25, -0.2) is 0 Å². The zero-order chi connectivity index (χ0) is 11.6. The van der Waals surface area contributed by atoms with Gasteiger partial charge >= 0.3 is 0 Å². The molecule has 3 unspecified atom stereocenters. The molecule has 1 heterocycles. The average molecular weight is 222 g/mol. The molecular weight excluding hydrogens is 200 g/mol. The summed E-state index contributed by atoms with van der Waals surface area (Å²) in [5.74, 6) is 0.228. The lowest BCUT2D eigenvalue weighted by Crippen LogP contribution is -2.48. The summed E-state index contributed by atoms with van der Waals surface area (Å²) >= 11 is 0. The molecule has 1 saturated carbocycles. The van der Waals surface area contributed by atoms with Crippen molar-refractivity contribution in [3.63, 3.8) is 0 Å². The maximum absolute atomic E-state index is 9.05. The van der Waals surface area contributed by atoms with Gasteiger partial charge in [0.2, 0.25) is 0 Å². The van der Waals surface area contributed by atoms with Crippen molar-refractivity contribution in [2.75, 3.05) is 6.61 Å². The molecule has 0 amide bonds. The van der Waals surface area contributed by atoms with Crippen molar-refractivity contribution in [3.05, 3.63) is 0 Å². The van der Waals surface area contributed by atoms with E-state index in [1.807, 2.05) is 0 Å². The molecule has 16 heavy (non-hydrogen) atoms. The fraction of sp³-hybridized carbons (Fsp3) is 0.923. The Morgan fingerprint density at radius 3 is 2.81 bits per heavy atom. The van der Waals surface area contributed by atoms with Gasteiger partial charge in [0.25, 0.3) is 0 Å². The number of nitrogens with one attached hydrogen (secondary N) is 1. The molecule has 0 aromatic carbocycles. The summed E-state index contributed by atoms with van der Waals surface area (Å²) in [6, 6.07) is 3.38. The number of hydrogen-bond acceptors (Lipinski definition) is 3. The van der Waals surface area contributed by atoms with Gasteiger partial charge in [0, 0.05) is 18.7 Å². The summed E-state index contributed by atoms with van der Waals surface area (Å²) in [4.78, 5) is 0. The van der Waals surface area contributed by atoms with Crippen LogP contribution in [0, 0.1) is 17.2 Å². The third-order valence-electron chi connectivity index (χ3n) is 3.83. The summed E-state index contributed by atoms with van der Waals surface area (Å²) < 4.78 is 5.71. The van der Waals surface area contributed by atoms with E-state index < -0.39 is 0 Å². The molecule has 0 aromatic heterocycles. The minimum atomic E-state index is -0.00331. The van der Waals surface area contributed by atoms with Gasteiger partial charge in [0.05, 0.1) is 17.6 Å². The highest BCUT2D eigenvalue weighted by Crippen LogP contribution is 2.29. The van der Waals surface area contributed by atoms with E-state index in [0.29, 0.717) is 12.1 Å². The SMILES string of the molecule is CC1(C)CC(NC2CCCC2C#N)CCO1. The quantitative estimate of drug-likeness (QED) is 0.779. The van der Waals surface area contributed by atoms with Crippen LogP contribution in [0.1, 0.15) is 46.0 Å².